The van der Waals surface area contributed by atoms with Crippen LogP contribution in [0.25, 0.3) is 22.4 Å². The third kappa shape index (κ3) is 3.33. The second-order valence-electron chi connectivity index (χ2n) is 8.55. The molecule has 4 atom stereocenters. The number of anilines is 1. The second-order valence-corrected chi connectivity index (χ2v) is 8.55. The van der Waals surface area contributed by atoms with Crippen molar-refractivity contribution < 1.29 is 5.11 Å². The van der Waals surface area contributed by atoms with E-state index in [9.17, 15) is 5.11 Å². The Labute approximate surface area is 179 Å². The topological polar surface area (TPSA) is 92.8 Å². The molecule has 8 nitrogen and oxygen atoms in total. The normalized spacial score (nSPS) is 25.6. The number of aromatic nitrogens is 6. The molecule has 1 saturated heterocycles. The molecule has 0 unspecified atom stereocenters. The van der Waals surface area contributed by atoms with Gasteiger partial charge in [0, 0.05) is 19.3 Å². The molecule has 0 amide bonds. The van der Waals surface area contributed by atoms with Crippen LogP contribution >= 0.6 is 0 Å². The van der Waals surface area contributed by atoms with E-state index in [0.29, 0.717) is 11.8 Å². The summed E-state index contributed by atoms with van der Waals surface area (Å²) in [6.07, 6.45) is 6.70. The van der Waals surface area contributed by atoms with Crippen molar-refractivity contribution in [2.45, 2.75) is 25.0 Å². The fourth-order valence-electron chi connectivity index (χ4n) is 5.05. The van der Waals surface area contributed by atoms with E-state index >= 15 is 0 Å². The first-order chi connectivity index (χ1) is 15.2. The molecule has 0 spiro atoms. The van der Waals surface area contributed by atoms with E-state index in [0.717, 1.165) is 54.2 Å². The Morgan fingerprint density at radius 2 is 1.68 bits per heavy atom. The van der Waals surface area contributed by atoms with E-state index in [2.05, 4.69) is 25.2 Å². The van der Waals surface area contributed by atoms with Gasteiger partial charge in [-0.2, -0.15) is 0 Å². The van der Waals surface area contributed by atoms with Crippen LogP contribution in [0, 0.1) is 11.8 Å². The molecule has 1 aliphatic carbocycles. The Morgan fingerprint density at radius 3 is 2.52 bits per heavy atom. The summed E-state index contributed by atoms with van der Waals surface area (Å²) in [5.74, 6) is 1.83. The van der Waals surface area contributed by atoms with Crippen LogP contribution in [0.4, 0.5) is 5.82 Å². The summed E-state index contributed by atoms with van der Waals surface area (Å²) in [6.45, 7) is 1.82. The quantitative estimate of drug-likeness (QED) is 0.552. The molecule has 6 rings (SSSR count). The summed E-state index contributed by atoms with van der Waals surface area (Å²) in [5.41, 5.74) is 3.35. The summed E-state index contributed by atoms with van der Waals surface area (Å²) in [4.78, 5) is 16.0. The number of aliphatic hydroxyl groups excluding tert-OH is 1. The molecule has 1 aromatic carbocycles. The maximum absolute atomic E-state index is 10.9. The highest BCUT2D eigenvalue weighted by Gasteiger charge is 2.43. The van der Waals surface area contributed by atoms with Gasteiger partial charge in [0.1, 0.15) is 11.5 Å². The standard InChI is InChI=1S/C23H23N7O/c31-22-10-16-13-29(23-11-25-17-5-1-2-7-19(17)26-23)12-15(16)9-21(22)30-14-20(27-28-30)18-6-3-4-8-24-18/h1-8,11,14-16,21-22,31H,9-10,12-13H2/t15-,16+,21-,22-/m1/s1. The highest BCUT2D eigenvalue weighted by molar-refractivity contribution is 5.75. The summed E-state index contributed by atoms with van der Waals surface area (Å²) < 4.78 is 1.82. The number of hydrogen-bond donors (Lipinski definition) is 1. The van der Waals surface area contributed by atoms with Gasteiger partial charge in [-0.1, -0.05) is 23.4 Å². The largest absolute Gasteiger partial charge is 0.391 e. The van der Waals surface area contributed by atoms with Gasteiger partial charge in [0.25, 0.3) is 0 Å². The number of aliphatic hydroxyl groups is 1. The van der Waals surface area contributed by atoms with Crippen molar-refractivity contribution in [2.24, 2.45) is 11.8 Å². The maximum atomic E-state index is 10.9. The van der Waals surface area contributed by atoms with Crippen LogP contribution in [0.5, 0.6) is 0 Å². The fraction of sp³-hybridized carbons (Fsp3) is 0.348. The number of pyridine rings is 1. The number of nitrogens with zero attached hydrogens (tertiary/aromatic N) is 7. The maximum Gasteiger partial charge on any atom is 0.147 e. The molecule has 31 heavy (non-hydrogen) atoms. The summed E-state index contributed by atoms with van der Waals surface area (Å²) in [5, 5.41) is 19.5. The zero-order chi connectivity index (χ0) is 20.8. The number of hydrogen-bond acceptors (Lipinski definition) is 7. The molecule has 1 N–H and O–H groups in total. The minimum Gasteiger partial charge on any atom is -0.391 e. The van der Waals surface area contributed by atoms with Crippen molar-refractivity contribution in [3.63, 3.8) is 0 Å². The van der Waals surface area contributed by atoms with E-state index in [-0.39, 0.29) is 6.04 Å². The highest BCUT2D eigenvalue weighted by Crippen LogP contribution is 2.42. The minimum atomic E-state index is -0.442. The lowest BCUT2D eigenvalue weighted by Crippen LogP contribution is -2.36. The third-order valence-electron chi connectivity index (χ3n) is 6.65. The van der Waals surface area contributed by atoms with Gasteiger partial charge in [0.2, 0.25) is 0 Å². The van der Waals surface area contributed by atoms with Crippen LogP contribution in [0.15, 0.2) is 61.1 Å². The minimum absolute atomic E-state index is 0.0751. The van der Waals surface area contributed by atoms with Gasteiger partial charge < -0.3 is 10.0 Å². The predicted octanol–water partition coefficient (Wildman–Crippen LogP) is 2.73. The van der Waals surface area contributed by atoms with Crippen LogP contribution in [0.1, 0.15) is 18.9 Å². The van der Waals surface area contributed by atoms with Crippen LogP contribution in [-0.2, 0) is 0 Å². The van der Waals surface area contributed by atoms with Gasteiger partial charge >= 0.3 is 0 Å². The van der Waals surface area contributed by atoms with Gasteiger partial charge in [-0.05, 0) is 48.9 Å². The highest BCUT2D eigenvalue weighted by atomic mass is 16.3. The van der Waals surface area contributed by atoms with Crippen molar-refractivity contribution >= 4 is 16.9 Å². The third-order valence-corrected chi connectivity index (χ3v) is 6.65. The van der Waals surface area contributed by atoms with Crippen molar-refractivity contribution in [3.8, 4) is 11.4 Å². The summed E-state index contributed by atoms with van der Waals surface area (Å²) in [7, 11) is 0. The lowest BCUT2D eigenvalue weighted by Gasteiger charge is -2.34. The number of benzene rings is 1. The molecule has 0 radical (unpaired) electrons. The first-order valence-electron chi connectivity index (χ1n) is 10.7. The molecule has 3 aromatic heterocycles. The SMILES string of the molecule is O[C@@H]1C[C@H]2CN(c3cnc4ccccc4n3)C[C@H]2C[C@H]1n1cc(-c2ccccn2)nn1. The molecule has 4 aromatic rings. The van der Waals surface area contributed by atoms with Crippen molar-refractivity contribution in [1.29, 1.82) is 0 Å². The number of fused-ring (bicyclic) bond motifs is 2. The van der Waals surface area contributed by atoms with Gasteiger partial charge in [-0.25, -0.2) is 9.67 Å². The zero-order valence-electron chi connectivity index (χ0n) is 17.0. The second kappa shape index (κ2) is 7.39. The first kappa shape index (κ1) is 18.4. The summed E-state index contributed by atoms with van der Waals surface area (Å²) in [6, 6.07) is 13.6. The molecule has 4 heterocycles. The number of rotatable bonds is 3. The Balaban J connectivity index is 1.21. The van der Waals surface area contributed by atoms with E-state index in [4.69, 9.17) is 4.98 Å². The van der Waals surface area contributed by atoms with Crippen molar-refractivity contribution in [2.75, 3.05) is 18.0 Å². The van der Waals surface area contributed by atoms with Crippen molar-refractivity contribution in [1.82, 2.24) is 29.9 Å². The van der Waals surface area contributed by atoms with Crippen LogP contribution in [0.3, 0.4) is 0 Å². The lowest BCUT2D eigenvalue weighted by molar-refractivity contribution is 0.0299. The molecular weight excluding hydrogens is 390 g/mol. The van der Waals surface area contributed by atoms with E-state index in [1.54, 1.807) is 6.20 Å². The number of para-hydroxylation sites is 2. The fourth-order valence-corrected chi connectivity index (χ4v) is 5.05. The van der Waals surface area contributed by atoms with Crippen LogP contribution in [0.2, 0.25) is 0 Å². The van der Waals surface area contributed by atoms with Crippen molar-refractivity contribution in [3.05, 3.63) is 61.1 Å². The Morgan fingerprint density at radius 1 is 0.871 bits per heavy atom. The molecule has 8 heteroatoms. The van der Waals surface area contributed by atoms with E-state index in [1.165, 1.54) is 0 Å². The van der Waals surface area contributed by atoms with Crippen LogP contribution < -0.4 is 4.90 Å². The lowest BCUT2D eigenvalue weighted by atomic mass is 9.77. The summed E-state index contributed by atoms with van der Waals surface area (Å²) >= 11 is 0. The molecule has 156 valence electrons. The Bertz CT molecular complexity index is 1210. The van der Waals surface area contributed by atoms with Gasteiger partial charge in [0.05, 0.1) is 41.3 Å². The average molecular weight is 413 g/mol. The van der Waals surface area contributed by atoms with E-state index in [1.807, 2.05) is 59.5 Å². The smallest absolute Gasteiger partial charge is 0.147 e. The molecule has 0 bridgehead atoms. The monoisotopic (exact) mass is 413 g/mol. The van der Waals surface area contributed by atoms with Gasteiger partial charge in [-0.15, -0.1) is 5.10 Å². The molecular formula is C23H23N7O. The molecule has 2 fully saturated rings. The Hall–Kier alpha value is -3.39. The molecule has 2 aliphatic rings. The zero-order valence-corrected chi connectivity index (χ0v) is 17.0. The van der Waals surface area contributed by atoms with E-state index < -0.39 is 6.10 Å². The average Bonchev–Trinajstić information content (AvgIpc) is 3.46. The first-order valence-corrected chi connectivity index (χ1v) is 10.7. The molecule has 1 aliphatic heterocycles. The van der Waals surface area contributed by atoms with Crippen LogP contribution in [-0.4, -0.2) is 54.2 Å². The predicted molar refractivity (Wildman–Crippen MR) is 116 cm³/mol. The molecule has 1 saturated carbocycles. The Kier molecular flexibility index (Phi) is 4.38. The van der Waals surface area contributed by atoms with Gasteiger partial charge in [-0.3, -0.25) is 9.97 Å². The van der Waals surface area contributed by atoms with Gasteiger partial charge in [0.15, 0.2) is 0 Å².